The molecule has 0 aromatic carbocycles. The molecule has 1 saturated heterocycles. The molecule has 2 aromatic rings. The van der Waals surface area contributed by atoms with Gasteiger partial charge >= 0.3 is 5.97 Å². The van der Waals surface area contributed by atoms with Gasteiger partial charge < -0.3 is 19.5 Å². The van der Waals surface area contributed by atoms with Crippen LogP contribution in [0.25, 0.3) is 0 Å². The van der Waals surface area contributed by atoms with E-state index in [0.717, 1.165) is 11.4 Å². The number of esters is 1. The third-order valence-corrected chi connectivity index (χ3v) is 5.05. The maximum atomic E-state index is 11.6. The van der Waals surface area contributed by atoms with E-state index in [1.54, 1.807) is 6.20 Å². The fourth-order valence-corrected chi connectivity index (χ4v) is 3.54. The third-order valence-electron chi connectivity index (χ3n) is 4.70. The van der Waals surface area contributed by atoms with Crippen molar-refractivity contribution in [3.63, 3.8) is 0 Å². The molecule has 0 amide bonds. The lowest BCUT2D eigenvalue weighted by molar-refractivity contribution is -0.140. The number of aromatic nitrogens is 2. The van der Waals surface area contributed by atoms with Crippen LogP contribution in [0.3, 0.4) is 0 Å². The molecule has 0 spiro atoms. The van der Waals surface area contributed by atoms with E-state index in [4.69, 9.17) is 17.0 Å². The monoisotopic (exact) mass is 358 g/mol. The Morgan fingerprint density at radius 3 is 2.76 bits per heavy atom. The summed E-state index contributed by atoms with van der Waals surface area (Å²) in [5, 5.41) is 4.00. The molecule has 0 unspecified atom stereocenters. The van der Waals surface area contributed by atoms with Crippen LogP contribution in [0.5, 0.6) is 0 Å². The van der Waals surface area contributed by atoms with Crippen molar-refractivity contribution >= 4 is 23.3 Å². The summed E-state index contributed by atoms with van der Waals surface area (Å²) in [7, 11) is 3.44. The number of hydrogen-bond donors (Lipinski definition) is 1. The number of rotatable bonds is 5. The van der Waals surface area contributed by atoms with Gasteiger partial charge in [0.05, 0.1) is 31.3 Å². The highest BCUT2D eigenvalue weighted by Crippen LogP contribution is 2.38. The largest absolute Gasteiger partial charge is 0.469 e. The van der Waals surface area contributed by atoms with Gasteiger partial charge in [-0.25, -0.2) is 0 Å². The van der Waals surface area contributed by atoms with Crippen molar-refractivity contribution in [3.8, 4) is 0 Å². The van der Waals surface area contributed by atoms with E-state index in [1.165, 1.54) is 12.8 Å². The van der Waals surface area contributed by atoms with E-state index in [2.05, 4.69) is 38.8 Å². The Kier molecular flexibility index (Phi) is 5.03. The molecule has 1 fully saturated rings. The Morgan fingerprint density at radius 2 is 2.16 bits per heavy atom. The second-order valence-electron chi connectivity index (χ2n) is 6.10. The smallest absolute Gasteiger partial charge is 0.307 e. The second-order valence-corrected chi connectivity index (χ2v) is 6.49. The van der Waals surface area contributed by atoms with Gasteiger partial charge in [0.2, 0.25) is 0 Å². The Labute approximate surface area is 152 Å². The normalized spacial score (nSPS) is 19.8. The molecular formula is C18H22N4O2S. The molecule has 1 aliphatic heterocycles. The number of methoxy groups -OCH3 is 1. The topological polar surface area (TPSA) is 59.4 Å². The first-order valence-corrected chi connectivity index (χ1v) is 8.61. The lowest BCUT2D eigenvalue weighted by Crippen LogP contribution is -2.32. The SMILES string of the molecule is COC(=O)CCN1C(=S)N[C@@H](c2ccccn2)[C@@H]1c1ccc(C)n1C. The predicted molar refractivity (Wildman–Crippen MR) is 98.9 cm³/mol. The van der Waals surface area contributed by atoms with Gasteiger partial charge in [-0.05, 0) is 43.4 Å². The third kappa shape index (κ3) is 3.37. The van der Waals surface area contributed by atoms with Gasteiger partial charge in [-0.3, -0.25) is 9.78 Å². The molecular weight excluding hydrogens is 336 g/mol. The second kappa shape index (κ2) is 7.23. The number of nitrogens with one attached hydrogen (secondary N) is 1. The highest BCUT2D eigenvalue weighted by Gasteiger charge is 2.41. The zero-order valence-electron chi connectivity index (χ0n) is 14.6. The van der Waals surface area contributed by atoms with Crippen molar-refractivity contribution in [1.82, 2.24) is 19.8 Å². The molecule has 25 heavy (non-hydrogen) atoms. The van der Waals surface area contributed by atoms with E-state index in [-0.39, 0.29) is 24.5 Å². The number of pyridine rings is 1. The van der Waals surface area contributed by atoms with Gasteiger partial charge in [-0.15, -0.1) is 0 Å². The number of hydrogen-bond acceptors (Lipinski definition) is 4. The summed E-state index contributed by atoms with van der Waals surface area (Å²) >= 11 is 5.56. The summed E-state index contributed by atoms with van der Waals surface area (Å²) < 4.78 is 6.93. The number of carbonyl (C=O) groups excluding carboxylic acids is 1. The fraction of sp³-hybridized carbons (Fsp3) is 0.389. The maximum Gasteiger partial charge on any atom is 0.307 e. The van der Waals surface area contributed by atoms with Gasteiger partial charge in [0, 0.05) is 31.2 Å². The number of aryl methyl sites for hydroxylation is 1. The zero-order valence-corrected chi connectivity index (χ0v) is 15.4. The molecule has 1 N–H and O–H groups in total. The van der Waals surface area contributed by atoms with Gasteiger partial charge in [-0.2, -0.15) is 0 Å². The van der Waals surface area contributed by atoms with E-state index in [0.29, 0.717) is 11.7 Å². The fourth-order valence-electron chi connectivity index (χ4n) is 3.21. The van der Waals surface area contributed by atoms with Crippen LogP contribution in [0.15, 0.2) is 36.5 Å². The molecule has 0 radical (unpaired) electrons. The first-order valence-electron chi connectivity index (χ1n) is 8.20. The summed E-state index contributed by atoms with van der Waals surface area (Å²) in [6.07, 6.45) is 2.07. The van der Waals surface area contributed by atoms with Crippen molar-refractivity contribution in [1.29, 1.82) is 0 Å². The molecule has 2 atom stereocenters. The van der Waals surface area contributed by atoms with Crippen molar-refractivity contribution in [3.05, 3.63) is 53.6 Å². The number of thiocarbonyl (C=S) groups is 1. The zero-order chi connectivity index (χ0) is 18.0. The molecule has 3 heterocycles. The summed E-state index contributed by atoms with van der Waals surface area (Å²) in [5.41, 5.74) is 3.22. The van der Waals surface area contributed by atoms with E-state index in [9.17, 15) is 4.79 Å². The Hall–Kier alpha value is -2.41. The molecule has 0 bridgehead atoms. The van der Waals surface area contributed by atoms with Crippen LogP contribution in [0, 0.1) is 6.92 Å². The Morgan fingerprint density at radius 1 is 1.36 bits per heavy atom. The standard InChI is InChI=1S/C18H22N4O2S/c1-12-7-8-14(21(12)2)17-16(13-6-4-5-10-19-13)20-18(25)22(17)11-9-15(23)24-3/h4-8,10,16-17H,9,11H2,1-3H3,(H,20,25)/t16-,17-/m0/s1. The van der Waals surface area contributed by atoms with Crippen molar-refractivity contribution in [2.75, 3.05) is 13.7 Å². The molecule has 3 rings (SSSR count). The first-order chi connectivity index (χ1) is 12.0. The first kappa shape index (κ1) is 17.4. The molecule has 7 heteroatoms. The average molecular weight is 358 g/mol. The Bertz CT molecular complexity index is 775. The van der Waals surface area contributed by atoms with Crippen LogP contribution < -0.4 is 5.32 Å². The lowest BCUT2D eigenvalue weighted by atomic mass is 10.0. The molecule has 1 aliphatic rings. The quantitative estimate of drug-likeness (QED) is 0.654. The van der Waals surface area contributed by atoms with Gasteiger partial charge in [0.1, 0.15) is 0 Å². The predicted octanol–water partition coefficient (Wildman–Crippen LogP) is 2.26. The molecule has 6 nitrogen and oxygen atoms in total. The van der Waals surface area contributed by atoms with E-state index >= 15 is 0 Å². The molecule has 0 aliphatic carbocycles. The van der Waals surface area contributed by atoms with Crippen molar-refractivity contribution in [2.24, 2.45) is 7.05 Å². The number of carbonyl (C=O) groups is 1. The van der Waals surface area contributed by atoms with Crippen molar-refractivity contribution in [2.45, 2.75) is 25.4 Å². The van der Waals surface area contributed by atoms with E-state index < -0.39 is 0 Å². The minimum atomic E-state index is -0.245. The summed E-state index contributed by atoms with van der Waals surface area (Å²) in [6, 6.07) is 9.95. The summed E-state index contributed by atoms with van der Waals surface area (Å²) in [5.74, 6) is -0.245. The van der Waals surface area contributed by atoms with Crippen molar-refractivity contribution < 1.29 is 9.53 Å². The minimum Gasteiger partial charge on any atom is -0.469 e. The lowest BCUT2D eigenvalue weighted by Gasteiger charge is -2.28. The van der Waals surface area contributed by atoms with Crippen LogP contribution in [0.4, 0.5) is 0 Å². The number of ether oxygens (including phenoxy) is 1. The average Bonchev–Trinajstić information content (AvgIpc) is 3.13. The maximum absolute atomic E-state index is 11.6. The van der Waals surface area contributed by atoms with Crippen LogP contribution in [0.2, 0.25) is 0 Å². The summed E-state index contributed by atoms with van der Waals surface area (Å²) in [6.45, 7) is 2.56. The molecule has 0 saturated carbocycles. The van der Waals surface area contributed by atoms with Crippen LogP contribution in [-0.2, 0) is 16.6 Å². The van der Waals surface area contributed by atoms with E-state index in [1.807, 2.05) is 25.2 Å². The molecule has 132 valence electrons. The van der Waals surface area contributed by atoms with Gasteiger partial charge in [-0.1, -0.05) is 6.07 Å². The van der Waals surface area contributed by atoms with Gasteiger partial charge in [0.25, 0.3) is 0 Å². The highest BCUT2D eigenvalue weighted by atomic mass is 32.1. The number of nitrogens with zero attached hydrogens (tertiary/aromatic N) is 3. The highest BCUT2D eigenvalue weighted by molar-refractivity contribution is 7.80. The Balaban J connectivity index is 1.97. The molecule has 2 aromatic heterocycles. The van der Waals surface area contributed by atoms with Crippen LogP contribution in [-0.4, -0.2) is 39.2 Å². The van der Waals surface area contributed by atoms with Crippen LogP contribution in [0.1, 0.15) is 35.6 Å². The summed E-state index contributed by atoms with van der Waals surface area (Å²) in [4.78, 5) is 18.2. The minimum absolute atomic E-state index is 0.0363. The van der Waals surface area contributed by atoms with Crippen LogP contribution >= 0.6 is 12.2 Å². The van der Waals surface area contributed by atoms with Gasteiger partial charge in [0.15, 0.2) is 5.11 Å².